The molecule has 3 nitrogen and oxygen atoms in total. The smallest absolute Gasteiger partial charge is 0.246 e. The van der Waals surface area contributed by atoms with E-state index in [1.807, 2.05) is 34.6 Å². The van der Waals surface area contributed by atoms with Crippen molar-refractivity contribution in [2.75, 3.05) is 31.1 Å². The van der Waals surface area contributed by atoms with Gasteiger partial charge in [-0.05, 0) is 29.7 Å². The Balaban J connectivity index is 1.57. The van der Waals surface area contributed by atoms with Crippen LogP contribution in [0.3, 0.4) is 0 Å². The highest BCUT2D eigenvalue weighted by atomic mass is 32.1. The number of amides is 1. The zero-order valence-electron chi connectivity index (χ0n) is 12.1. The molecule has 0 saturated carbocycles. The SMILES string of the molecule is O=C(C=Cc1cccs1)N1CCN(c2ccccc2F)CC1. The molecule has 1 aliphatic heterocycles. The Kier molecular flexibility index (Phi) is 4.53. The van der Waals surface area contributed by atoms with Crippen molar-refractivity contribution in [1.82, 2.24) is 4.90 Å². The Bertz CT molecular complexity index is 661. The Hall–Kier alpha value is -2.14. The van der Waals surface area contributed by atoms with E-state index in [2.05, 4.69) is 0 Å². The molecule has 5 heteroatoms. The van der Waals surface area contributed by atoms with Gasteiger partial charge < -0.3 is 9.80 Å². The largest absolute Gasteiger partial charge is 0.366 e. The third kappa shape index (κ3) is 3.36. The number of para-hydroxylation sites is 1. The molecule has 1 aromatic carbocycles. The van der Waals surface area contributed by atoms with Crippen LogP contribution in [0.5, 0.6) is 0 Å². The molecule has 0 unspecified atom stereocenters. The summed E-state index contributed by atoms with van der Waals surface area (Å²) < 4.78 is 13.8. The van der Waals surface area contributed by atoms with E-state index in [0.29, 0.717) is 31.9 Å². The van der Waals surface area contributed by atoms with E-state index >= 15 is 0 Å². The number of benzene rings is 1. The van der Waals surface area contributed by atoms with Gasteiger partial charge in [-0.2, -0.15) is 0 Å². The number of nitrogens with zero attached hydrogens (tertiary/aromatic N) is 2. The predicted molar refractivity (Wildman–Crippen MR) is 88.5 cm³/mol. The van der Waals surface area contributed by atoms with Crippen molar-refractivity contribution in [2.45, 2.75) is 0 Å². The standard InChI is InChI=1S/C17H17FN2OS/c18-15-5-1-2-6-16(15)19-9-11-20(12-10-19)17(21)8-7-14-4-3-13-22-14/h1-8,13H,9-12H2. The van der Waals surface area contributed by atoms with Crippen molar-refractivity contribution in [3.8, 4) is 0 Å². The summed E-state index contributed by atoms with van der Waals surface area (Å²) >= 11 is 1.60. The van der Waals surface area contributed by atoms with Crippen LogP contribution in [0.2, 0.25) is 0 Å². The first-order valence-corrected chi connectivity index (χ1v) is 8.12. The maximum Gasteiger partial charge on any atom is 0.246 e. The van der Waals surface area contributed by atoms with E-state index in [0.717, 1.165) is 4.88 Å². The van der Waals surface area contributed by atoms with Crippen molar-refractivity contribution >= 4 is 29.0 Å². The van der Waals surface area contributed by atoms with Crippen LogP contribution in [-0.2, 0) is 4.79 Å². The van der Waals surface area contributed by atoms with Gasteiger partial charge in [-0.25, -0.2) is 4.39 Å². The van der Waals surface area contributed by atoms with E-state index in [9.17, 15) is 9.18 Å². The summed E-state index contributed by atoms with van der Waals surface area (Å²) in [6, 6.07) is 10.7. The summed E-state index contributed by atoms with van der Waals surface area (Å²) in [5.74, 6) is -0.193. The minimum atomic E-state index is -0.208. The summed E-state index contributed by atoms with van der Waals surface area (Å²) in [6.45, 7) is 2.53. The molecule has 2 aromatic rings. The Morgan fingerprint density at radius 2 is 1.86 bits per heavy atom. The van der Waals surface area contributed by atoms with Crippen LogP contribution in [0.4, 0.5) is 10.1 Å². The summed E-state index contributed by atoms with van der Waals surface area (Å²) in [6.07, 6.45) is 3.46. The molecule has 114 valence electrons. The zero-order chi connectivity index (χ0) is 15.4. The Morgan fingerprint density at radius 1 is 1.09 bits per heavy atom. The van der Waals surface area contributed by atoms with Gasteiger partial charge in [-0.3, -0.25) is 4.79 Å². The van der Waals surface area contributed by atoms with Crippen LogP contribution in [0, 0.1) is 5.82 Å². The number of anilines is 1. The number of rotatable bonds is 3. The van der Waals surface area contributed by atoms with Gasteiger partial charge in [-0.15, -0.1) is 11.3 Å². The molecule has 0 radical (unpaired) electrons. The lowest BCUT2D eigenvalue weighted by atomic mass is 10.2. The molecule has 0 atom stereocenters. The summed E-state index contributed by atoms with van der Waals surface area (Å²) in [4.78, 5) is 17.0. The second-order valence-corrected chi connectivity index (χ2v) is 6.09. The van der Waals surface area contributed by atoms with Crippen LogP contribution >= 0.6 is 11.3 Å². The van der Waals surface area contributed by atoms with Gasteiger partial charge in [0.2, 0.25) is 5.91 Å². The molecular weight excluding hydrogens is 299 g/mol. The fourth-order valence-corrected chi connectivity index (χ4v) is 3.14. The van der Waals surface area contributed by atoms with Crippen molar-refractivity contribution in [1.29, 1.82) is 0 Å². The van der Waals surface area contributed by atoms with Crippen molar-refractivity contribution < 1.29 is 9.18 Å². The predicted octanol–water partition coefficient (Wildman–Crippen LogP) is 3.25. The fourth-order valence-electron chi connectivity index (χ4n) is 2.52. The van der Waals surface area contributed by atoms with Gasteiger partial charge in [0.1, 0.15) is 5.82 Å². The van der Waals surface area contributed by atoms with Crippen molar-refractivity contribution in [2.24, 2.45) is 0 Å². The third-order valence-corrected chi connectivity index (χ3v) is 4.56. The second kappa shape index (κ2) is 6.75. The fraction of sp³-hybridized carbons (Fsp3) is 0.235. The van der Waals surface area contributed by atoms with Gasteiger partial charge in [0.05, 0.1) is 5.69 Å². The average molecular weight is 316 g/mol. The number of thiophene rings is 1. The maximum absolute atomic E-state index is 13.8. The zero-order valence-corrected chi connectivity index (χ0v) is 12.9. The van der Waals surface area contributed by atoms with Crippen LogP contribution in [0.1, 0.15) is 4.88 Å². The molecule has 1 aromatic heterocycles. The molecule has 22 heavy (non-hydrogen) atoms. The number of carbonyl (C=O) groups is 1. The summed E-state index contributed by atoms with van der Waals surface area (Å²) in [7, 11) is 0. The molecule has 1 aliphatic rings. The summed E-state index contributed by atoms with van der Waals surface area (Å²) in [5, 5.41) is 1.98. The number of carbonyl (C=O) groups excluding carboxylic acids is 1. The van der Waals surface area contributed by atoms with Gasteiger partial charge in [0.25, 0.3) is 0 Å². The van der Waals surface area contributed by atoms with Crippen molar-refractivity contribution in [3.05, 3.63) is 58.5 Å². The molecular formula is C17H17FN2OS. The van der Waals surface area contributed by atoms with Crippen LogP contribution in [0.25, 0.3) is 6.08 Å². The molecule has 2 heterocycles. The molecule has 1 fully saturated rings. The minimum Gasteiger partial charge on any atom is -0.366 e. The van der Waals surface area contributed by atoms with E-state index in [4.69, 9.17) is 0 Å². The lowest BCUT2D eigenvalue weighted by molar-refractivity contribution is -0.126. The maximum atomic E-state index is 13.8. The van der Waals surface area contributed by atoms with E-state index in [-0.39, 0.29) is 11.7 Å². The Morgan fingerprint density at radius 3 is 2.55 bits per heavy atom. The van der Waals surface area contributed by atoms with Gasteiger partial charge >= 0.3 is 0 Å². The minimum absolute atomic E-state index is 0.0154. The third-order valence-electron chi connectivity index (χ3n) is 3.72. The number of halogens is 1. The molecule has 0 N–H and O–H groups in total. The topological polar surface area (TPSA) is 23.6 Å². The molecule has 1 amide bonds. The Labute approximate surface area is 133 Å². The first kappa shape index (κ1) is 14.8. The van der Waals surface area contributed by atoms with Gasteiger partial charge in [0.15, 0.2) is 0 Å². The second-order valence-electron chi connectivity index (χ2n) is 5.11. The van der Waals surface area contributed by atoms with Crippen LogP contribution < -0.4 is 4.90 Å². The molecule has 0 spiro atoms. The van der Waals surface area contributed by atoms with Crippen molar-refractivity contribution in [3.63, 3.8) is 0 Å². The molecule has 1 saturated heterocycles. The summed E-state index contributed by atoms with van der Waals surface area (Å²) in [5.41, 5.74) is 0.615. The quantitative estimate of drug-likeness (QED) is 0.812. The lowest BCUT2D eigenvalue weighted by Crippen LogP contribution is -2.48. The average Bonchev–Trinajstić information content (AvgIpc) is 3.07. The van der Waals surface area contributed by atoms with Gasteiger partial charge in [-0.1, -0.05) is 18.2 Å². The van der Waals surface area contributed by atoms with E-state index in [1.165, 1.54) is 6.07 Å². The number of piperazine rings is 1. The first-order valence-electron chi connectivity index (χ1n) is 7.24. The van der Waals surface area contributed by atoms with E-state index in [1.54, 1.807) is 34.4 Å². The number of hydrogen-bond donors (Lipinski definition) is 0. The van der Waals surface area contributed by atoms with Gasteiger partial charge in [0, 0.05) is 37.1 Å². The normalized spacial score (nSPS) is 15.5. The van der Waals surface area contributed by atoms with E-state index < -0.39 is 0 Å². The van der Waals surface area contributed by atoms with Crippen LogP contribution in [-0.4, -0.2) is 37.0 Å². The first-order chi connectivity index (χ1) is 10.7. The monoisotopic (exact) mass is 316 g/mol. The highest BCUT2D eigenvalue weighted by molar-refractivity contribution is 7.10. The van der Waals surface area contributed by atoms with Crippen LogP contribution in [0.15, 0.2) is 47.9 Å². The number of hydrogen-bond acceptors (Lipinski definition) is 3. The highest BCUT2D eigenvalue weighted by Crippen LogP contribution is 2.20. The molecule has 0 aliphatic carbocycles. The molecule has 0 bridgehead atoms. The highest BCUT2D eigenvalue weighted by Gasteiger charge is 2.21. The lowest BCUT2D eigenvalue weighted by Gasteiger charge is -2.35. The molecule has 3 rings (SSSR count).